The Bertz CT molecular complexity index is 477. The number of aromatic nitrogens is 2. The second kappa shape index (κ2) is 4.61. The summed E-state index contributed by atoms with van der Waals surface area (Å²) in [6.45, 7) is 2.87. The van der Waals surface area contributed by atoms with E-state index in [0.29, 0.717) is 18.9 Å². The van der Waals surface area contributed by atoms with Gasteiger partial charge in [-0.15, -0.1) is 0 Å². The first-order valence-electron chi connectivity index (χ1n) is 4.98. The molecular formula is C12H12N2O2. The molecule has 0 bridgehead atoms. The summed E-state index contributed by atoms with van der Waals surface area (Å²) < 4.78 is 6.52. The molecule has 4 heteroatoms. The van der Waals surface area contributed by atoms with Crippen LogP contribution in [-0.4, -0.2) is 16.3 Å². The average Bonchev–Trinajstić information content (AvgIpc) is 2.61. The minimum absolute atomic E-state index is 0.415. The number of benzene rings is 1. The Morgan fingerprint density at radius 1 is 1.38 bits per heavy atom. The molecular weight excluding hydrogens is 204 g/mol. The highest BCUT2D eigenvalue weighted by Gasteiger charge is 2.06. The highest BCUT2D eigenvalue weighted by atomic mass is 16.5. The zero-order valence-corrected chi connectivity index (χ0v) is 8.96. The van der Waals surface area contributed by atoms with Crippen LogP contribution >= 0.6 is 0 Å². The fourth-order valence-corrected chi connectivity index (χ4v) is 1.54. The lowest BCUT2D eigenvalue weighted by Gasteiger charge is -2.04. The molecule has 0 aliphatic rings. The lowest BCUT2D eigenvalue weighted by Crippen LogP contribution is -2.05. The average molecular weight is 216 g/mol. The van der Waals surface area contributed by atoms with Crippen molar-refractivity contribution in [2.24, 2.45) is 0 Å². The number of carbonyl (C=O) groups excluding carboxylic acids is 1. The summed E-state index contributed by atoms with van der Waals surface area (Å²) in [5.41, 5.74) is 1.94. The Morgan fingerprint density at radius 2 is 2.12 bits per heavy atom. The van der Waals surface area contributed by atoms with Crippen LogP contribution in [0.2, 0.25) is 0 Å². The zero-order chi connectivity index (χ0) is 11.4. The molecule has 4 nitrogen and oxygen atoms in total. The van der Waals surface area contributed by atoms with Gasteiger partial charge in [0.1, 0.15) is 0 Å². The highest BCUT2D eigenvalue weighted by molar-refractivity contribution is 5.43. The summed E-state index contributed by atoms with van der Waals surface area (Å²) in [5.74, 6) is 0.469. The largest absolute Gasteiger partial charge is 0.410 e. The quantitative estimate of drug-likeness (QED) is 0.732. The number of aryl methyl sites for hydroxylation is 1. The molecule has 0 spiro atoms. The van der Waals surface area contributed by atoms with Gasteiger partial charge in [0.15, 0.2) is 0 Å². The van der Waals surface area contributed by atoms with Gasteiger partial charge in [0, 0.05) is 6.07 Å². The van der Waals surface area contributed by atoms with E-state index in [-0.39, 0.29) is 0 Å². The molecule has 0 amide bonds. The summed E-state index contributed by atoms with van der Waals surface area (Å²) >= 11 is 0. The maximum absolute atomic E-state index is 10.3. The third-order valence-electron chi connectivity index (χ3n) is 2.21. The second-order valence-corrected chi connectivity index (χ2v) is 3.48. The van der Waals surface area contributed by atoms with Gasteiger partial charge < -0.3 is 4.74 Å². The third-order valence-corrected chi connectivity index (χ3v) is 2.21. The van der Waals surface area contributed by atoms with Crippen molar-refractivity contribution >= 4 is 6.47 Å². The molecule has 0 unspecified atom stereocenters. The Kier molecular flexibility index (Phi) is 3.00. The lowest BCUT2D eigenvalue weighted by atomic mass is 10.2. The van der Waals surface area contributed by atoms with Crippen molar-refractivity contribution in [1.82, 2.24) is 9.78 Å². The highest BCUT2D eigenvalue weighted by Crippen LogP contribution is 2.14. The Morgan fingerprint density at radius 3 is 2.81 bits per heavy atom. The number of hydrogen-bond donors (Lipinski definition) is 0. The van der Waals surface area contributed by atoms with Crippen LogP contribution in [0.4, 0.5) is 0 Å². The molecule has 0 radical (unpaired) electrons. The van der Waals surface area contributed by atoms with Gasteiger partial charge >= 0.3 is 0 Å². The SMILES string of the molecule is Cc1cc(OC=O)n(Cc2ccccc2)n1. The number of ether oxygens (including phenoxy) is 1. The van der Waals surface area contributed by atoms with Crippen LogP contribution in [0.25, 0.3) is 0 Å². The van der Waals surface area contributed by atoms with E-state index in [1.54, 1.807) is 10.7 Å². The molecule has 1 aromatic heterocycles. The number of nitrogens with zero attached hydrogens (tertiary/aromatic N) is 2. The van der Waals surface area contributed by atoms with Crippen molar-refractivity contribution in [2.75, 3.05) is 0 Å². The first kappa shape index (κ1) is 10.4. The number of rotatable bonds is 4. The molecule has 1 aromatic carbocycles. The van der Waals surface area contributed by atoms with E-state index in [4.69, 9.17) is 4.74 Å². The minimum Gasteiger partial charge on any atom is -0.410 e. The predicted molar refractivity (Wildman–Crippen MR) is 59.2 cm³/mol. The summed E-state index contributed by atoms with van der Waals surface area (Å²) in [6, 6.07) is 11.6. The number of hydrogen-bond acceptors (Lipinski definition) is 3. The fourth-order valence-electron chi connectivity index (χ4n) is 1.54. The van der Waals surface area contributed by atoms with Crippen LogP contribution in [0.15, 0.2) is 36.4 Å². The maximum Gasteiger partial charge on any atom is 0.299 e. The van der Waals surface area contributed by atoms with E-state index < -0.39 is 0 Å². The molecule has 0 saturated heterocycles. The summed E-state index contributed by atoms with van der Waals surface area (Å²) in [7, 11) is 0. The van der Waals surface area contributed by atoms with Gasteiger partial charge in [-0.25, -0.2) is 4.68 Å². The molecule has 16 heavy (non-hydrogen) atoms. The van der Waals surface area contributed by atoms with Crippen molar-refractivity contribution in [3.05, 3.63) is 47.7 Å². The Labute approximate surface area is 93.5 Å². The number of carbonyl (C=O) groups is 1. The molecule has 1 heterocycles. The summed E-state index contributed by atoms with van der Waals surface area (Å²) in [6.07, 6.45) is 0. The second-order valence-electron chi connectivity index (χ2n) is 3.48. The summed E-state index contributed by atoms with van der Waals surface area (Å²) in [5, 5.41) is 4.26. The van der Waals surface area contributed by atoms with Crippen molar-refractivity contribution in [3.63, 3.8) is 0 Å². The lowest BCUT2D eigenvalue weighted by molar-refractivity contribution is -0.121. The molecule has 0 aliphatic carbocycles. The summed E-state index contributed by atoms with van der Waals surface area (Å²) in [4.78, 5) is 10.3. The van der Waals surface area contributed by atoms with Gasteiger partial charge in [0.2, 0.25) is 5.88 Å². The van der Waals surface area contributed by atoms with Crippen molar-refractivity contribution < 1.29 is 9.53 Å². The van der Waals surface area contributed by atoms with Gasteiger partial charge in [-0.1, -0.05) is 30.3 Å². The van der Waals surface area contributed by atoms with Crippen molar-refractivity contribution in [3.8, 4) is 5.88 Å². The monoisotopic (exact) mass is 216 g/mol. The first-order valence-corrected chi connectivity index (χ1v) is 4.98. The first-order chi connectivity index (χ1) is 7.79. The van der Waals surface area contributed by atoms with Gasteiger partial charge in [0.05, 0.1) is 12.2 Å². The van der Waals surface area contributed by atoms with E-state index in [1.165, 1.54) is 0 Å². The minimum atomic E-state index is 0.415. The van der Waals surface area contributed by atoms with Gasteiger partial charge in [0.25, 0.3) is 6.47 Å². The van der Waals surface area contributed by atoms with E-state index in [2.05, 4.69) is 5.10 Å². The van der Waals surface area contributed by atoms with E-state index in [0.717, 1.165) is 11.3 Å². The third kappa shape index (κ3) is 2.28. The molecule has 0 aliphatic heterocycles. The van der Waals surface area contributed by atoms with Crippen LogP contribution in [-0.2, 0) is 11.3 Å². The van der Waals surface area contributed by atoms with Gasteiger partial charge in [-0.05, 0) is 12.5 Å². The maximum atomic E-state index is 10.3. The predicted octanol–water partition coefficient (Wildman–Crippen LogP) is 1.78. The van der Waals surface area contributed by atoms with E-state index in [9.17, 15) is 4.79 Å². The van der Waals surface area contributed by atoms with Crippen LogP contribution in [0.5, 0.6) is 5.88 Å². The van der Waals surface area contributed by atoms with Gasteiger partial charge in [-0.3, -0.25) is 4.79 Å². The Hall–Kier alpha value is -2.10. The topological polar surface area (TPSA) is 44.1 Å². The van der Waals surface area contributed by atoms with Gasteiger partial charge in [-0.2, -0.15) is 5.10 Å². The van der Waals surface area contributed by atoms with Crippen LogP contribution in [0.1, 0.15) is 11.3 Å². The standard InChI is InChI=1S/C12H12N2O2/c1-10-7-12(16-9-15)14(13-10)8-11-5-3-2-4-6-11/h2-7,9H,8H2,1H3. The molecule has 82 valence electrons. The molecule has 0 atom stereocenters. The van der Waals surface area contributed by atoms with Crippen molar-refractivity contribution in [2.45, 2.75) is 13.5 Å². The molecule has 0 fully saturated rings. The van der Waals surface area contributed by atoms with E-state index >= 15 is 0 Å². The van der Waals surface area contributed by atoms with Crippen molar-refractivity contribution in [1.29, 1.82) is 0 Å². The van der Waals surface area contributed by atoms with Crippen LogP contribution in [0.3, 0.4) is 0 Å². The molecule has 0 N–H and O–H groups in total. The molecule has 2 aromatic rings. The zero-order valence-electron chi connectivity index (χ0n) is 8.96. The normalized spacial score (nSPS) is 10.1. The van der Waals surface area contributed by atoms with Crippen LogP contribution < -0.4 is 4.74 Å². The molecule has 2 rings (SSSR count). The molecule has 0 saturated carbocycles. The van der Waals surface area contributed by atoms with E-state index in [1.807, 2.05) is 37.3 Å². The fraction of sp³-hybridized carbons (Fsp3) is 0.167. The van der Waals surface area contributed by atoms with Crippen LogP contribution in [0, 0.1) is 6.92 Å². The smallest absolute Gasteiger partial charge is 0.299 e. The Balaban J connectivity index is 2.23.